The van der Waals surface area contributed by atoms with E-state index in [1.807, 2.05) is 11.8 Å². The molecule has 0 bridgehead atoms. The molecule has 0 aromatic heterocycles. The van der Waals surface area contributed by atoms with Crippen LogP contribution < -0.4 is 0 Å². The molecule has 1 fully saturated rings. The van der Waals surface area contributed by atoms with Crippen LogP contribution in [0.3, 0.4) is 0 Å². The van der Waals surface area contributed by atoms with E-state index >= 15 is 0 Å². The average molecular weight is 197 g/mol. The number of nitrogens with zero attached hydrogens (tertiary/aromatic N) is 1. The highest BCUT2D eigenvalue weighted by Crippen LogP contribution is 2.51. The fourth-order valence-electron chi connectivity index (χ4n) is 1.22. The molecule has 1 rings (SSSR count). The Morgan fingerprint density at radius 2 is 2.00 bits per heavy atom. The van der Waals surface area contributed by atoms with Crippen LogP contribution in [0.2, 0.25) is 0 Å². The van der Waals surface area contributed by atoms with Crippen molar-refractivity contribution in [3.8, 4) is 6.07 Å². The van der Waals surface area contributed by atoms with Gasteiger partial charge in [-0.05, 0) is 24.2 Å². The normalized spacial score (nSPS) is 21.2. The van der Waals surface area contributed by atoms with Gasteiger partial charge in [0.05, 0.1) is 6.07 Å². The Labute approximate surface area is 85.9 Å². The summed E-state index contributed by atoms with van der Waals surface area (Å²) < 4.78 is 0. The van der Waals surface area contributed by atoms with Crippen LogP contribution in [0.1, 0.15) is 40.0 Å². The minimum atomic E-state index is 0.419. The van der Waals surface area contributed by atoms with Crippen LogP contribution in [0.25, 0.3) is 0 Å². The maximum absolute atomic E-state index is 8.66. The Kier molecular flexibility index (Phi) is 3.67. The van der Waals surface area contributed by atoms with E-state index in [9.17, 15) is 0 Å². The Hall–Kier alpha value is -0.160. The number of hydrogen-bond donors (Lipinski definition) is 0. The molecular formula is C11H19NS. The first kappa shape index (κ1) is 10.9. The molecule has 74 valence electrons. The third-order valence-corrected chi connectivity index (χ3v) is 4.85. The van der Waals surface area contributed by atoms with Crippen molar-refractivity contribution in [1.29, 1.82) is 5.26 Å². The number of hydrogen-bond acceptors (Lipinski definition) is 2. The summed E-state index contributed by atoms with van der Waals surface area (Å²) in [4.78, 5) is 0. The Morgan fingerprint density at radius 1 is 1.38 bits per heavy atom. The van der Waals surface area contributed by atoms with Crippen molar-refractivity contribution in [3.63, 3.8) is 0 Å². The predicted octanol–water partition coefficient (Wildman–Crippen LogP) is 3.46. The van der Waals surface area contributed by atoms with Gasteiger partial charge >= 0.3 is 0 Å². The summed E-state index contributed by atoms with van der Waals surface area (Å²) in [5.41, 5.74) is 0.419. The first-order valence-corrected chi connectivity index (χ1v) is 6.13. The van der Waals surface area contributed by atoms with Crippen molar-refractivity contribution < 1.29 is 0 Å². The van der Waals surface area contributed by atoms with Crippen LogP contribution in [0, 0.1) is 22.7 Å². The van der Waals surface area contributed by atoms with Gasteiger partial charge in [0.1, 0.15) is 0 Å². The summed E-state index contributed by atoms with van der Waals surface area (Å²) in [7, 11) is 0. The molecule has 1 saturated carbocycles. The van der Waals surface area contributed by atoms with Crippen LogP contribution >= 0.6 is 11.8 Å². The topological polar surface area (TPSA) is 23.8 Å². The van der Waals surface area contributed by atoms with Crippen LogP contribution in [0.4, 0.5) is 0 Å². The minimum Gasteiger partial charge on any atom is -0.198 e. The van der Waals surface area contributed by atoms with Gasteiger partial charge in [0.15, 0.2) is 0 Å². The SMILES string of the molecule is CC(C)C(C)SCC1(CC#N)CC1. The Balaban J connectivity index is 2.23. The van der Waals surface area contributed by atoms with Gasteiger partial charge in [0, 0.05) is 17.4 Å². The summed E-state index contributed by atoms with van der Waals surface area (Å²) in [6, 6.07) is 2.31. The Bertz CT molecular complexity index is 201. The fraction of sp³-hybridized carbons (Fsp3) is 0.909. The second-order valence-corrected chi connectivity index (χ2v) is 5.96. The lowest BCUT2D eigenvalue weighted by Gasteiger charge is -2.18. The lowest BCUT2D eigenvalue weighted by molar-refractivity contribution is 0.593. The van der Waals surface area contributed by atoms with Gasteiger partial charge in [-0.25, -0.2) is 0 Å². The molecule has 0 aliphatic heterocycles. The molecule has 0 aromatic rings. The number of nitriles is 1. The molecular weight excluding hydrogens is 178 g/mol. The monoisotopic (exact) mass is 197 g/mol. The maximum atomic E-state index is 8.66. The van der Waals surface area contributed by atoms with Crippen LogP contribution in [0.15, 0.2) is 0 Å². The highest BCUT2D eigenvalue weighted by Gasteiger charge is 2.42. The summed E-state index contributed by atoms with van der Waals surface area (Å²) in [6.07, 6.45) is 3.32. The van der Waals surface area contributed by atoms with E-state index < -0.39 is 0 Å². The van der Waals surface area contributed by atoms with Gasteiger partial charge in [-0.2, -0.15) is 17.0 Å². The molecule has 0 radical (unpaired) electrons. The molecule has 1 aliphatic carbocycles. The zero-order chi connectivity index (χ0) is 9.90. The smallest absolute Gasteiger partial charge is 0.0627 e. The predicted molar refractivity (Wildman–Crippen MR) is 58.7 cm³/mol. The molecule has 0 aromatic carbocycles. The minimum absolute atomic E-state index is 0.419. The van der Waals surface area contributed by atoms with Crippen molar-refractivity contribution in [1.82, 2.24) is 0 Å². The van der Waals surface area contributed by atoms with E-state index in [1.165, 1.54) is 18.6 Å². The lowest BCUT2D eigenvalue weighted by Crippen LogP contribution is -2.11. The van der Waals surface area contributed by atoms with Crippen LogP contribution in [-0.4, -0.2) is 11.0 Å². The molecule has 1 aliphatic rings. The second kappa shape index (κ2) is 4.37. The van der Waals surface area contributed by atoms with Crippen molar-refractivity contribution in [2.24, 2.45) is 11.3 Å². The van der Waals surface area contributed by atoms with E-state index in [-0.39, 0.29) is 0 Å². The quantitative estimate of drug-likeness (QED) is 0.674. The molecule has 1 nitrogen and oxygen atoms in total. The van der Waals surface area contributed by atoms with E-state index in [0.717, 1.165) is 17.6 Å². The van der Waals surface area contributed by atoms with Gasteiger partial charge < -0.3 is 0 Å². The average Bonchev–Trinajstić information content (AvgIpc) is 2.82. The van der Waals surface area contributed by atoms with E-state index in [2.05, 4.69) is 26.8 Å². The second-order valence-electron chi connectivity index (χ2n) is 4.60. The van der Waals surface area contributed by atoms with E-state index in [1.54, 1.807) is 0 Å². The summed E-state index contributed by atoms with van der Waals surface area (Å²) in [5.74, 6) is 1.95. The molecule has 2 heteroatoms. The molecule has 0 N–H and O–H groups in total. The van der Waals surface area contributed by atoms with Crippen LogP contribution in [-0.2, 0) is 0 Å². The van der Waals surface area contributed by atoms with Crippen molar-refractivity contribution in [3.05, 3.63) is 0 Å². The fourth-order valence-corrected chi connectivity index (χ4v) is 2.61. The number of rotatable bonds is 5. The van der Waals surface area contributed by atoms with Gasteiger partial charge in [0.2, 0.25) is 0 Å². The standard InChI is InChI=1S/C11H19NS/c1-9(2)10(3)13-8-11(4-5-11)6-7-12/h9-10H,4-6,8H2,1-3H3. The molecule has 0 saturated heterocycles. The molecule has 1 atom stereocenters. The molecule has 0 amide bonds. The summed E-state index contributed by atoms with van der Waals surface area (Å²) in [6.45, 7) is 6.82. The van der Waals surface area contributed by atoms with Crippen LogP contribution in [0.5, 0.6) is 0 Å². The highest BCUT2D eigenvalue weighted by atomic mass is 32.2. The van der Waals surface area contributed by atoms with E-state index in [0.29, 0.717) is 5.41 Å². The van der Waals surface area contributed by atoms with E-state index in [4.69, 9.17) is 5.26 Å². The molecule has 13 heavy (non-hydrogen) atoms. The Morgan fingerprint density at radius 3 is 2.38 bits per heavy atom. The number of thioether (sulfide) groups is 1. The summed E-state index contributed by atoms with van der Waals surface area (Å²) >= 11 is 2.04. The third-order valence-electron chi connectivity index (χ3n) is 3.00. The largest absolute Gasteiger partial charge is 0.198 e. The first-order valence-electron chi connectivity index (χ1n) is 5.08. The van der Waals surface area contributed by atoms with Gasteiger partial charge in [-0.15, -0.1) is 0 Å². The molecule has 0 spiro atoms. The van der Waals surface area contributed by atoms with Crippen molar-refractivity contribution in [2.45, 2.75) is 45.3 Å². The third kappa shape index (κ3) is 3.23. The first-order chi connectivity index (χ1) is 6.09. The van der Waals surface area contributed by atoms with Crippen molar-refractivity contribution >= 4 is 11.8 Å². The highest BCUT2D eigenvalue weighted by molar-refractivity contribution is 7.99. The molecule has 0 heterocycles. The maximum Gasteiger partial charge on any atom is 0.0627 e. The van der Waals surface area contributed by atoms with Gasteiger partial charge in [-0.3, -0.25) is 0 Å². The summed E-state index contributed by atoms with van der Waals surface area (Å²) in [5, 5.41) is 9.39. The zero-order valence-corrected chi connectivity index (χ0v) is 9.66. The molecule has 1 unspecified atom stereocenters. The van der Waals surface area contributed by atoms with Crippen molar-refractivity contribution in [2.75, 3.05) is 5.75 Å². The van der Waals surface area contributed by atoms with Gasteiger partial charge in [0.25, 0.3) is 0 Å². The van der Waals surface area contributed by atoms with Gasteiger partial charge in [-0.1, -0.05) is 20.8 Å². The zero-order valence-electron chi connectivity index (χ0n) is 8.84. The lowest BCUT2D eigenvalue weighted by atomic mass is 10.1.